The second-order valence-electron chi connectivity index (χ2n) is 4.94. The van der Waals surface area contributed by atoms with Gasteiger partial charge in [-0.2, -0.15) is 9.38 Å². The number of hydrogen-bond donors (Lipinski definition) is 1. The highest BCUT2D eigenvalue weighted by Gasteiger charge is 2.22. The standard InChI is InChI=1S/C15H11N5O3S/c21-20(22)15-13(18-12-5-1-2-6-19(12)15)16-8-10-9-23-14(17-10)11-4-3-7-24-11/h1-7,9,16H,8H2. The van der Waals surface area contributed by atoms with Crippen LogP contribution in [0.25, 0.3) is 16.4 Å². The summed E-state index contributed by atoms with van der Waals surface area (Å²) in [7, 11) is 0. The number of anilines is 1. The maximum atomic E-state index is 11.3. The molecule has 0 radical (unpaired) electrons. The first-order chi connectivity index (χ1) is 11.7. The lowest BCUT2D eigenvalue weighted by Gasteiger charge is -2.00. The van der Waals surface area contributed by atoms with Gasteiger partial charge in [0.25, 0.3) is 0 Å². The van der Waals surface area contributed by atoms with Crippen molar-refractivity contribution in [3.8, 4) is 10.8 Å². The van der Waals surface area contributed by atoms with Crippen LogP contribution in [0.1, 0.15) is 5.69 Å². The summed E-state index contributed by atoms with van der Waals surface area (Å²) in [6.07, 6.45) is 3.14. The van der Waals surface area contributed by atoms with Crippen molar-refractivity contribution in [2.75, 3.05) is 5.32 Å². The zero-order valence-electron chi connectivity index (χ0n) is 12.2. The zero-order chi connectivity index (χ0) is 16.5. The van der Waals surface area contributed by atoms with Gasteiger partial charge in [-0.15, -0.1) is 11.3 Å². The third-order valence-electron chi connectivity index (χ3n) is 3.40. The van der Waals surface area contributed by atoms with Crippen LogP contribution in [0.2, 0.25) is 0 Å². The second-order valence-corrected chi connectivity index (χ2v) is 5.89. The molecule has 4 heterocycles. The average Bonchev–Trinajstić information content (AvgIpc) is 3.30. The third-order valence-corrected chi connectivity index (χ3v) is 4.26. The molecule has 0 unspecified atom stereocenters. The Bertz CT molecular complexity index is 1010. The largest absolute Gasteiger partial charge is 0.443 e. The summed E-state index contributed by atoms with van der Waals surface area (Å²) in [5.41, 5.74) is 1.15. The van der Waals surface area contributed by atoms with Crippen molar-refractivity contribution >= 4 is 28.6 Å². The second kappa shape index (κ2) is 5.78. The van der Waals surface area contributed by atoms with Crippen LogP contribution in [-0.4, -0.2) is 19.3 Å². The maximum absolute atomic E-state index is 11.3. The third kappa shape index (κ3) is 2.50. The molecular formula is C15H11N5O3S. The Morgan fingerprint density at radius 3 is 3.00 bits per heavy atom. The predicted molar refractivity (Wildman–Crippen MR) is 89.0 cm³/mol. The van der Waals surface area contributed by atoms with Crippen LogP contribution in [-0.2, 0) is 6.54 Å². The molecule has 0 atom stereocenters. The quantitative estimate of drug-likeness (QED) is 0.440. The number of pyridine rings is 1. The maximum Gasteiger partial charge on any atom is 0.372 e. The van der Waals surface area contributed by atoms with E-state index in [0.717, 1.165) is 4.88 Å². The Balaban J connectivity index is 1.59. The van der Waals surface area contributed by atoms with Crippen LogP contribution in [0.3, 0.4) is 0 Å². The first-order valence-electron chi connectivity index (χ1n) is 7.06. The number of thiophene rings is 1. The molecule has 8 nitrogen and oxygen atoms in total. The molecule has 0 aliphatic carbocycles. The van der Waals surface area contributed by atoms with Gasteiger partial charge in [0.2, 0.25) is 17.4 Å². The van der Waals surface area contributed by atoms with Crippen molar-refractivity contribution in [2.45, 2.75) is 6.54 Å². The Hall–Kier alpha value is -3.20. The van der Waals surface area contributed by atoms with Gasteiger partial charge < -0.3 is 19.8 Å². The summed E-state index contributed by atoms with van der Waals surface area (Å²) >= 11 is 1.53. The highest BCUT2D eigenvalue weighted by Crippen LogP contribution is 2.27. The van der Waals surface area contributed by atoms with Crippen molar-refractivity contribution < 1.29 is 9.34 Å². The van der Waals surface area contributed by atoms with Crippen LogP contribution >= 0.6 is 11.3 Å². The monoisotopic (exact) mass is 341 g/mol. The Kier molecular flexibility index (Phi) is 3.47. The Morgan fingerprint density at radius 1 is 1.29 bits per heavy atom. The van der Waals surface area contributed by atoms with Gasteiger partial charge in [0.05, 0.1) is 23.3 Å². The summed E-state index contributed by atoms with van der Waals surface area (Å²) in [4.78, 5) is 20.4. The van der Waals surface area contributed by atoms with Crippen LogP contribution in [0, 0.1) is 10.1 Å². The lowest BCUT2D eigenvalue weighted by Crippen LogP contribution is -2.03. The topological polar surface area (TPSA) is 98.5 Å². The molecule has 4 aromatic rings. The fraction of sp³-hybridized carbons (Fsp3) is 0.0667. The molecule has 24 heavy (non-hydrogen) atoms. The van der Waals surface area contributed by atoms with Gasteiger partial charge in [0, 0.05) is 6.07 Å². The van der Waals surface area contributed by atoms with Crippen molar-refractivity contribution in [3.05, 3.63) is 64.0 Å². The molecule has 0 aliphatic rings. The average molecular weight is 341 g/mol. The van der Waals surface area contributed by atoms with Crippen LogP contribution in [0.4, 0.5) is 11.6 Å². The fourth-order valence-electron chi connectivity index (χ4n) is 2.35. The van der Waals surface area contributed by atoms with Crippen molar-refractivity contribution in [2.24, 2.45) is 0 Å². The van der Waals surface area contributed by atoms with E-state index < -0.39 is 4.92 Å². The Morgan fingerprint density at radius 2 is 2.21 bits per heavy atom. The van der Waals surface area contributed by atoms with E-state index in [1.54, 1.807) is 24.4 Å². The van der Waals surface area contributed by atoms with Crippen molar-refractivity contribution in [1.29, 1.82) is 0 Å². The lowest BCUT2D eigenvalue weighted by atomic mass is 10.4. The summed E-state index contributed by atoms with van der Waals surface area (Å²) in [6, 6.07) is 9.04. The molecule has 0 saturated carbocycles. The van der Waals surface area contributed by atoms with Gasteiger partial charge in [-0.25, -0.2) is 4.98 Å². The van der Waals surface area contributed by atoms with Crippen molar-refractivity contribution in [1.82, 2.24) is 14.4 Å². The van der Waals surface area contributed by atoms with E-state index in [1.807, 2.05) is 17.5 Å². The molecule has 0 aliphatic heterocycles. The van der Waals surface area contributed by atoms with Crippen LogP contribution < -0.4 is 5.32 Å². The van der Waals surface area contributed by atoms with Gasteiger partial charge in [-0.05, 0) is 22.4 Å². The fourth-order valence-corrected chi connectivity index (χ4v) is 3.01. The van der Waals surface area contributed by atoms with E-state index in [9.17, 15) is 10.1 Å². The summed E-state index contributed by atoms with van der Waals surface area (Å²) < 4.78 is 6.87. The molecule has 4 aromatic heterocycles. The summed E-state index contributed by atoms with van der Waals surface area (Å²) in [5.74, 6) is 0.630. The number of rotatable bonds is 5. The van der Waals surface area contributed by atoms with E-state index in [0.29, 0.717) is 17.2 Å². The number of fused-ring (bicyclic) bond motifs is 1. The highest BCUT2D eigenvalue weighted by atomic mass is 32.1. The first-order valence-corrected chi connectivity index (χ1v) is 7.94. The molecule has 4 rings (SSSR count). The van der Waals surface area contributed by atoms with Gasteiger partial charge in [-0.1, -0.05) is 12.1 Å². The zero-order valence-corrected chi connectivity index (χ0v) is 13.1. The summed E-state index contributed by atoms with van der Waals surface area (Å²) in [5, 5.41) is 16.2. The first kappa shape index (κ1) is 14.4. The van der Waals surface area contributed by atoms with Gasteiger partial charge in [0.1, 0.15) is 6.26 Å². The molecule has 0 saturated heterocycles. The van der Waals surface area contributed by atoms with Gasteiger partial charge in [-0.3, -0.25) is 0 Å². The molecule has 1 N–H and O–H groups in total. The molecule has 0 fully saturated rings. The van der Waals surface area contributed by atoms with E-state index >= 15 is 0 Å². The number of oxazole rings is 1. The number of hydrogen-bond acceptors (Lipinski definition) is 7. The number of nitro groups is 1. The van der Waals surface area contributed by atoms with Gasteiger partial charge in [0.15, 0.2) is 0 Å². The number of aromatic nitrogens is 3. The predicted octanol–water partition coefficient (Wildman–Crippen LogP) is 3.57. The van der Waals surface area contributed by atoms with Gasteiger partial charge >= 0.3 is 5.82 Å². The summed E-state index contributed by atoms with van der Waals surface area (Å²) in [6.45, 7) is 0.277. The van der Waals surface area contributed by atoms with E-state index in [1.165, 1.54) is 22.0 Å². The van der Waals surface area contributed by atoms with E-state index in [4.69, 9.17) is 4.42 Å². The number of nitrogens with one attached hydrogen (secondary N) is 1. The van der Waals surface area contributed by atoms with Crippen LogP contribution in [0.15, 0.2) is 52.6 Å². The van der Waals surface area contributed by atoms with E-state index in [2.05, 4.69) is 15.3 Å². The SMILES string of the molecule is O=[N+]([O-])c1c(NCc2coc(-c3cccs3)n2)nc2ccccn12. The minimum absolute atomic E-state index is 0.104. The molecule has 0 spiro atoms. The molecule has 9 heteroatoms. The molecular weight excluding hydrogens is 330 g/mol. The molecule has 0 bridgehead atoms. The molecule has 120 valence electrons. The molecule has 0 aromatic carbocycles. The van der Waals surface area contributed by atoms with Crippen LogP contribution in [0.5, 0.6) is 0 Å². The molecule has 0 amide bonds. The Labute approximate surface area is 139 Å². The lowest BCUT2D eigenvalue weighted by molar-refractivity contribution is -0.389. The minimum atomic E-state index is -0.456. The van der Waals surface area contributed by atoms with E-state index in [-0.39, 0.29) is 18.2 Å². The normalized spacial score (nSPS) is 11.0. The highest BCUT2D eigenvalue weighted by molar-refractivity contribution is 7.13. The number of nitrogens with zero attached hydrogens (tertiary/aromatic N) is 4. The smallest absolute Gasteiger partial charge is 0.372 e. The van der Waals surface area contributed by atoms with Crippen molar-refractivity contribution in [3.63, 3.8) is 0 Å². The number of imidazole rings is 1. The minimum Gasteiger partial charge on any atom is -0.443 e.